The number of aryl methyl sites for hydroxylation is 1. The van der Waals surface area contributed by atoms with Crippen molar-refractivity contribution >= 4 is 11.6 Å². The maximum absolute atomic E-state index is 6.38. The molecule has 0 radical (unpaired) electrons. The summed E-state index contributed by atoms with van der Waals surface area (Å²) >= 11 is 6.38. The highest BCUT2D eigenvalue weighted by Crippen LogP contribution is 2.44. The van der Waals surface area contributed by atoms with E-state index in [1.54, 1.807) is 6.20 Å². The predicted molar refractivity (Wildman–Crippen MR) is 99.4 cm³/mol. The Morgan fingerprint density at radius 2 is 2.27 bits per heavy atom. The molecule has 1 aliphatic carbocycles. The van der Waals surface area contributed by atoms with Gasteiger partial charge in [-0.1, -0.05) is 17.7 Å². The minimum absolute atomic E-state index is 0.0954. The van der Waals surface area contributed by atoms with Crippen molar-refractivity contribution in [2.75, 3.05) is 13.7 Å². The van der Waals surface area contributed by atoms with Crippen LogP contribution in [-0.2, 0) is 11.3 Å². The number of hydrogen-bond acceptors (Lipinski definition) is 5. The third kappa shape index (κ3) is 3.21. The summed E-state index contributed by atoms with van der Waals surface area (Å²) < 4.78 is 12.2. The lowest BCUT2D eigenvalue weighted by Crippen LogP contribution is -2.52. The number of H-pyrrole nitrogens is 1. The van der Waals surface area contributed by atoms with Gasteiger partial charge >= 0.3 is 0 Å². The van der Waals surface area contributed by atoms with Gasteiger partial charge in [0.05, 0.1) is 22.0 Å². The van der Waals surface area contributed by atoms with Gasteiger partial charge in [0.25, 0.3) is 0 Å². The van der Waals surface area contributed by atoms with Crippen LogP contribution in [0.4, 0.5) is 0 Å². The smallest absolute Gasteiger partial charge is 0.213 e. The molecule has 2 aromatic heterocycles. The standard InChI is InChI=1S/C19H25ClN4O2/c1-13-18(20)15(23-22-13)12-24-10-8-19(25-2)7-6-14(11-16(19)24)26-17-5-3-4-9-21-17/h3-5,9,14,16H,6-8,10-12H2,1-2H3,(H,22,23)/t14-,16-,19+/m0/s1. The lowest BCUT2D eigenvalue weighted by Gasteiger charge is -2.43. The molecule has 4 rings (SSSR count). The minimum Gasteiger partial charge on any atom is -0.474 e. The Kier molecular flexibility index (Phi) is 4.90. The average Bonchev–Trinajstić information content (AvgIpc) is 3.18. The fraction of sp³-hybridized carbons (Fsp3) is 0.579. The van der Waals surface area contributed by atoms with Gasteiger partial charge in [-0.25, -0.2) is 4.98 Å². The van der Waals surface area contributed by atoms with Crippen LogP contribution in [0.3, 0.4) is 0 Å². The van der Waals surface area contributed by atoms with Gasteiger partial charge in [-0.2, -0.15) is 5.10 Å². The van der Waals surface area contributed by atoms with Crippen molar-refractivity contribution in [3.05, 3.63) is 40.8 Å². The Hall–Kier alpha value is -1.63. The second kappa shape index (κ2) is 7.18. The Balaban J connectivity index is 1.50. The summed E-state index contributed by atoms with van der Waals surface area (Å²) in [5.74, 6) is 0.693. The first kappa shape index (κ1) is 17.8. The fourth-order valence-electron chi connectivity index (χ4n) is 4.40. The lowest BCUT2D eigenvalue weighted by molar-refractivity contribution is -0.0844. The molecule has 1 N–H and O–H groups in total. The zero-order valence-electron chi connectivity index (χ0n) is 15.2. The summed E-state index contributed by atoms with van der Waals surface area (Å²) in [6.07, 6.45) is 5.85. The number of aromatic nitrogens is 3. The maximum Gasteiger partial charge on any atom is 0.213 e. The Labute approximate surface area is 158 Å². The van der Waals surface area contributed by atoms with Crippen LogP contribution in [-0.4, -0.2) is 51.5 Å². The molecule has 1 saturated carbocycles. The number of hydrogen-bond donors (Lipinski definition) is 1. The summed E-state index contributed by atoms with van der Waals surface area (Å²) in [5.41, 5.74) is 1.73. The Morgan fingerprint density at radius 3 is 2.96 bits per heavy atom. The minimum atomic E-state index is -0.0954. The molecule has 0 unspecified atom stereocenters. The number of halogens is 1. The number of pyridine rings is 1. The first-order chi connectivity index (χ1) is 12.6. The SMILES string of the molecule is CO[C@@]12CC[C@H](Oc3ccccn3)C[C@@H]1N(Cc1n[nH]c(C)c1Cl)CC2. The molecule has 1 aliphatic heterocycles. The molecule has 0 bridgehead atoms. The molecule has 0 aromatic carbocycles. The molecule has 3 heterocycles. The quantitative estimate of drug-likeness (QED) is 0.866. The number of ether oxygens (including phenoxy) is 2. The van der Waals surface area contributed by atoms with E-state index in [1.807, 2.05) is 32.2 Å². The van der Waals surface area contributed by atoms with Crippen LogP contribution in [0.1, 0.15) is 37.1 Å². The first-order valence-electron chi connectivity index (χ1n) is 9.17. The molecular formula is C19H25ClN4O2. The largest absolute Gasteiger partial charge is 0.474 e. The van der Waals surface area contributed by atoms with E-state index in [-0.39, 0.29) is 11.7 Å². The van der Waals surface area contributed by atoms with Crippen LogP contribution >= 0.6 is 11.6 Å². The fourth-order valence-corrected chi connectivity index (χ4v) is 4.55. The van der Waals surface area contributed by atoms with Crippen molar-refractivity contribution in [1.82, 2.24) is 20.1 Å². The zero-order chi connectivity index (χ0) is 18.1. The second-order valence-electron chi connectivity index (χ2n) is 7.30. The van der Waals surface area contributed by atoms with Gasteiger partial charge in [-0.15, -0.1) is 0 Å². The van der Waals surface area contributed by atoms with E-state index in [0.717, 1.165) is 55.2 Å². The molecule has 26 heavy (non-hydrogen) atoms. The summed E-state index contributed by atoms with van der Waals surface area (Å²) in [6.45, 7) is 3.66. The number of fused-ring (bicyclic) bond motifs is 1. The van der Waals surface area contributed by atoms with Gasteiger partial charge in [-0.05, 0) is 32.3 Å². The molecule has 140 valence electrons. The van der Waals surface area contributed by atoms with Crippen LogP contribution in [0.5, 0.6) is 5.88 Å². The molecule has 7 heteroatoms. The van der Waals surface area contributed by atoms with Crippen LogP contribution in [0.25, 0.3) is 0 Å². The van der Waals surface area contributed by atoms with E-state index >= 15 is 0 Å². The van der Waals surface area contributed by atoms with Crippen molar-refractivity contribution in [3.8, 4) is 5.88 Å². The van der Waals surface area contributed by atoms with Crippen LogP contribution in [0, 0.1) is 6.92 Å². The molecule has 0 spiro atoms. The van der Waals surface area contributed by atoms with Crippen molar-refractivity contribution in [3.63, 3.8) is 0 Å². The average molecular weight is 377 g/mol. The molecule has 3 atom stereocenters. The number of likely N-dealkylation sites (tertiary alicyclic amines) is 1. The Morgan fingerprint density at radius 1 is 1.38 bits per heavy atom. The molecule has 6 nitrogen and oxygen atoms in total. The zero-order valence-corrected chi connectivity index (χ0v) is 16.0. The van der Waals surface area contributed by atoms with Crippen molar-refractivity contribution in [2.45, 2.75) is 56.9 Å². The monoisotopic (exact) mass is 376 g/mol. The number of aromatic amines is 1. The van der Waals surface area contributed by atoms with Crippen molar-refractivity contribution in [2.24, 2.45) is 0 Å². The van der Waals surface area contributed by atoms with Crippen LogP contribution in [0.15, 0.2) is 24.4 Å². The topological polar surface area (TPSA) is 63.3 Å². The van der Waals surface area contributed by atoms with E-state index in [4.69, 9.17) is 21.1 Å². The highest BCUT2D eigenvalue weighted by molar-refractivity contribution is 6.31. The summed E-state index contributed by atoms with van der Waals surface area (Å²) in [6, 6.07) is 6.06. The van der Waals surface area contributed by atoms with Crippen molar-refractivity contribution in [1.29, 1.82) is 0 Å². The highest BCUT2D eigenvalue weighted by Gasteiger charge is 2.51. The summed E-state index contributed by atoms with van der Waals surface area (Å²) in [4.78, 5) is 6.74. The molecule has 2 aromatic rings. The maximum atomic E-state index is 6.38. The Bertz CT molecular complexity index is 753. The molecule has 1 saturated heterocycles. The molecule has 2 fully saturated rings. The van der Waals surface area contributed by atoms with Gasteiger partial charge in [0, 0.05) is 44.9 Å². The summed E-state index contributed by atoms with van der Waals surface area (Å²) in [7, 11) is 1.84. The normalized spacial score (nSPS) is 28.9. The number of rotatable bonds is 5. The molecule has 0 amide bonds. The van der Waals surface area contributed by atoms with Gasteiger partial charge < -0.3 is 9.47 Å². The lowest BCUT2D eigenvalue weighted by atomic mass is 9.79. The number of nitrogens with one attached hydrogen (secondary N) is 1. The van der Waals surface area contributed by atoms with Crippen molar-refractivity contribution < 1.29 is 9.47 Å². The number of nitrogens with zero attached hydrogens (tertiary/aromatic N) is 3. The summed E-state index contributed by atoms with van der Waals surface area (Å²) in [5, 5.41) is 8.08. The van der Waals surface area contributed by atoms with Gasteiger partial charge in [0.15, 0.2) is 0 Å². The predicted octanol–water partition coefficient (Wildman–Crippen LogP) is 3.36. The van der Waals surface area contributed by atoms with Gasteiger partial charge in [0.1, 0.15) is 6.10 Å². The molecular weight excluding hydrogens is 352 g/mol. The first-order valence-corrected chi connectivity index (χ1v) is 9.55. The van der Waals surface area contributed by atoms with Gasteiger partial charge in [-0.3, -0.25) is 10.00 Å². The third-order valence-electron chi connectivity index (χ3n) is 5.87. The molecule has 2 aliphatic rings. The van der Waals surface area contributed by atoms with Gasteiger partial charge in [0.2, 0.25) is 5.88 Å². The van der Waals surface area contributed by atoms with Crippen LogP contribution < -0.4 is 4.74 Å². The second-order valence-corrected chi connectivity index (χ2v) is 7.67. The van der Waals surface area contributed by atoms with E-state index in [2.05, 4.69) is 20.1 Å². The van der Waals surface area contributed by atoms with E-state index in [0.29, 0.717) is 11.9 Å². The van der Waals surface area contributed by atoms with E-state index < -0.39 is 0 Å². The third-order valence-corrected chi connectivity index (χ3v) is 6.37. The number of methoxy groups -OCH3 is 1. The van der Waals surface area contributed by atoms with Crippen LogP contribution in [0.2, 0.25) is 5.02 Å². The van der Waals surface area contributed by atoms with E-state index in [1.165, 1.54) is 0 Å². The van der Waals surface area contributed by atoms with E-state index in [9.17, 15) is 0 Å². The highest BCUT2D eigenvalue weighted by atomic mass is 35.5.